The van der Waals surface area contributed by atoms with Gasteiger partial charge in [-0.15, -0.1) is 0 Å². The van der Waals surface area contributed by atoms with Crippen LogP contribution in [0.4, 0.5) is 4.39 Å². The quantitative estimate of drug-likeness (QED) is 0.885. The van der Waals surface area contributed by atoms with Gasteiger partial charge in [-0.1, -0.05) is 26.0 Å². The molecular weight excluding hydrogens is 251 g/mol. The van der Waals surface area contributed by atoms with Crippen LogP contribution < -0.4 is 5.32 Å². The maximum atomic E-state index is 13.2. The number of benzene rings is 1. The van der Waals surface area contributed by atoms with Crippen LogP contribution in [-0.2, 0) is 0 Å². The Bertz CT molecular complexity index is 411. The third kappa shape index (κ3) is 4.57. The van der Waals surface area contributed by atoms with E-state index < -0.39 is 0 Å². The first kappa shape index (κ1) is 15.5. The Kier molecular flexibility index (Phi) is 5.55. The van der Waals surface area contributed by atoms with Crippen molar-refractivity contribution in [1.29, 1.82) is 0 Å². The molecule has 0 saturated carbocycles. The smallest absolute Gasteiger partial charge is 0.123 e. The fraction of sp³-hybridized carbons (Fsp3) is 0.647. The van der Waals surface area contributed by atoms with Gasteiger partial charge in [0.2, 0.25) is 0 Å². The minimum absolute atomic E-state index is 0.150. The lowest BCUT2D eigenvalue weighted by atomic mass is 10.0. The molecule has 2 rings (SSSR count). The topological polar surface area (TPSA) is 15.3 Å². The van der Waals surface area contributed by atoms with E-state index in [4.69, 9.17) is 0 Å². The molecule has 0 aromatic heterocycles. The number of rotatable bonds is 5. The molecule has 1 aliphatic rings. The van der Waals surface area contributed by atoms with Crippen molar-refractivity contribution in [2.45, 2.75) is 45.7 Å². The van der Waals surface area contributed by atoms with Gasteiger partial charge in [0.15, 0.2) is 0 Å². The zero-order valence-corrected chi connectivity index (χ0v) is 12.9. The van der Waals surface area contributed by atoms with Gasteiger partial charge in [-0.25, -0.2) is 4.39 Å². The van der Waals surface area contributed by atoms with Gasteiger partial charge in [0, 0.05) is 18.6 Å². The van der Waals surface area contributed by atoms with Gasteiger partial charge in [-0.05, 0) is 56.5 Å². The Morgan fingerprint density at radius 3 is 2.55 bits per heavy atom. The molecule has 1 aliphatic heterocycles. The second-order valence-corrected chi connectivity index (χ2v) is 6.41. The number of nitrogens with one attached hydrogen (secondary N) is 1. The summed E-state index contributed by atoms with van der Waals surface area (Å²) < 4.78 is 13.2. The van der Waals surface area contributed by atoms with Gasteiger partial charge < -0.3 is 10.2 Å². The molecule has 1 fully saturated rings. The van der Waals surface area contributed by atoms with E-state index in [1.807, 2.05) is 6.07 Å². The Hall–Kier alpha value is -0.930. The molecule has 1 N–H and O–H groups in total. The van der Waals surface area contributed by atoms with Gasteiger partial charge in [0.25, 0.3) is 0 Å². The van der Waals surface area contributed by atoms with Crippen LogP contribution in [0.25, 0.3) is 0 Å². The molecule has 0 aliphatic carbocycles. The van der Waals surface area contributed by atoms with Crippen LogP contribution in [0.15, 0.2) is 24.3 Å². The SMILES string of the molecule is CC(C)CN1CCC(N[C@@H](C)c2cccc(F)c2)CC1. The molecular formula is C17H27FN2. The third-order valence-electron chi connectivity index (χ3n) is 4.05. The summed E-state index contributed by atoms with van der Waals surface area (Å²) in [5, 5.41) is 3.64. The number of hydrogen-bond donors (Lipinski definition) is 1. The average molecular weight is 278 g/mol. The second-order valence-electron chi connectivity index (χ2n) is 6.41. The Labute approximate surface area is 122 Å². The van der Waals surface area contributed by atoms with E-state index in [2.05, 4.69) is 31.0 Å². The number of likely N-dealkylation sites (tertiary alicyclic amines) is 1. The summed E-state index contributed by atoms with van der Waals surface area (Å²) >= 11 is 0. The molecule has 20 heavy (non-hydrogen) atoms. The minimum atomic E-state index is -0.150. The minimum Gasteiger partial charge on any atom is -0.307 e. The first-order valence-corrected chi connectivity index (χ1v) is 7.78. The largest absolute Gasteiger partial charge is 0.307 e. The van der Waals surface area contributed by atoms with E-state index in [0.29, 0.717) is 6.04 Å². The highest BCUT2D eigenvalue weighted by Crippen LogP contribution is 2.18. The van der Waals surface area contributed by atoms with Crippen molar-refractivity contribution in [1.82, 2.24) is 10.2 Å². The molecule has 0 radical (unpaired) electrons. The molecule has 2 nitrogen and oxygen atoms in total. The predicted molar refractivity (Wildman–Crippen MR) is 82.3 cm³/mol. The molecule has 0 amide bonds. The summed E-state index contributed by atoms with van der Waals surface area (Å²) in [6.45, 7) is 10.2. The fourth-order valence-corrected chi connectivity index (χ4v) is 3.02. The molecule has 0 spiro atoms. The summed E-state index contributed by atoms with van der Waals surface area (Å²) in [5.41, 5.74) is 1.04. The molecule has 1 heterocycles. The summed E-state index contributed by atoms with van der Waals surface area (Å²) in [6.07, 6.45) is 2.37. The van der Waals surface area contributed by atoms with Crippen LogP contribution in [-0.4, -0.2) is 30.6 Å². The maximum absolute atomic E-state index is 13.2. The number of nitrogens with zero attached hydrogens (tertiary/aromatic N) is 1. The normalized spacial score (nSPS) is 19.4. The Balaban J connectivity index is 1.80. The van der Waals surface area contributed by atoms with Crippen molar-refractivity contribution < 1.29 is 4.39 Å². The van der Waals surface area contributed by atoms with Crippen LogP contribution in [0, 0.1) is 11.7 Å². The molecule has 0 unspecified atom stereocenters. The van der Waals surface area contributed by atoms with Crippen LogP contribution in [0.1, 0.15) is 45.2 Å². The van der Waals surface area contributed by atoms with Crippen molar-refractivity contribution in [3.05, 3.63) is 35.6 Å². The Morgan fingerprint density at radius 2 is 1.95 bits per heavy atom. The third-order valence-corrected chi connectivity index (χ3v) is 4.05. The van der Waals surface area contributed by atoms with Crippen LogP contribution in [0.3, 0.4) is 0 Å². The van der Waals surface area contributed by atoms with Gasteiger partial charge in [0.05, 0.1) is 0 Å². The molecule has 0 bridgehead atoms. The molecule has 1 saturated heterocycles. The van der Waals surface area contributed by atoms with E-state index in [9.17, 15) is 4.39 Å². The van der Waals surface area contributed by atoms with Crippen molar-refractivity contribution in [2.75, 3.05) is 19.6 Å². The summed E-state index contributed by atoms with van der Waals surface area (Å²) in [4.78, 5) is 2.55. The van der Waals surface area contributed by atoms with E-state index in [0.717, 1.165) is 11.5 Å². The molecule has 1 atom stereocenters. The number of halogens is 1. The van der Waals surface area contributed by atoms with Gasteiger partial charge in [0.1, 0.15) is 5.82 Å². The number of hydrogen-bond acceptors (Lipinski definition) is 2. The highest BCUT2D eigenvalue weighted by molar-refractivity contribution is 5.19. The van der Waals surface area contributed by atoms with Crippen LogP contribution in [0.5, 0.6) is 0 Å². The lowest BCUT2D eigenvalue weighted by molar-refractivity contribution is 0.175. The van der Waals surface area contributed by atoms with E-state index in [-0.39, 0.29) is 11.9 Å². The van der Waals surface area contributed by atoms with Crippen LogP contribution in [0.2, 0.25) is 0 Å². The maximum Gasteiger partial charge on any atom is 0.123 e. The summed E-state index contributed by atoms with van der Waals surface area (Å²) in [5.74, 6) is 0.591. The first-order chi connectivity index (χ1) is 9.54. The lowest BCUT2D eigenvalue weighted by Gasteiger charge is -2.34. The van der Waals surface area contributed by atoms with Gasteiger partial charge in [-0.3, -0.25) is 0 Å². The zero-order valence-electron chi connectivity index (χ0n) is 12.9. The molecule has 1 aromatic carbocycles. The monoisotopic (exact) mass is 278 g/mol. The van der Waals surface area contributed by atoms with Crippen molar-refractivity contribution in [2.24, 2.45) is 5.92 Å². The van der Waals surface area contributed by atoms with E-state index >= 15 is 0 Å². The molecule has 1 aromatic rings. The number of piperidine rings is 1. The fourth-order valence-electron chi connectivity index (χ4n) is 3.02. The lowest BCUT2D eigenvalue weighted by Crippen LogP contribution is -2.44. The van der Waals surface area contributed by atoms with Crippen molar-refractivity contribution in [3.8, 4) is 0 Å². The highest BCUT2D eigenvalue weighted by Gasteiger charge is 2.21. The standard InChI is InChI=1S/C17H27FN2/c1-13(2)12-20-9-7-17(8-10-20)19-14(3)15-5-4-6-16(18)11-15/h4-6,11,13-14,17,19H,7-10,12H2,1-3H3/t14-/m0/s1. The first-order valence-electron chi connectivity index (χ1n) is 7.78. The van der Waals surface area contributed by atoms with Crippen molar-refractivity contribution >= 4 is 0 Å². The molecule has 112 valence electrons. The Morgan fingerprint density at radius 1 is 1.25 bits per heavy atom. The summed E-state index contributed by atoms with van der Waals surface area (Å²) in [7, 11) is 0. The van der Waals surface area contributed by atoms with Gasteiger partial charge >= 0.3 is 0 Å². The van der Waals surface area contributed by atoms with Gasteiger partial charge in [-0.2, -0.15) is 0 Å². The zero-order chi connectivity index (χ0) is 14.5. The van der Waals surface area contributed by atoms with Crippen molar-refractivity contribution in [3.63, 3.8) is 0 Å². The van der Waals surface area contributed by atoms with Crippen LogP contribution >= 0.6 is 0 Å². The summed E-state index contributed by atoms with van der Waals surface area (Å²) in [6, 6.07) is 7.68. The highest BCUT2D eigenvalue weighted by atomic mass is 19.1. The second kappa shape index (κ2) is 7.19. The predicted octanol–water partition coefficient (Wildman–Crippen LogP) is 3.60. The van der Waals surface area contributed by atoms with E-state index in [1.54, 1.807) is 12.1 Å². The molecule has 3 heteroatoms. The average Bonchev–Trinajstić information content (AvgIpc) is 2.40. The van der Waals surface area contributed by atoms with E-state index in [1.165, 1.54) is 38.5 Å².